The highest BCUT2D eigenvalue weighted by molar-refractivity contribution is 5.87. The number of carbonyl (C=O) groups excluding carboxylic acids is 2. The van der Waals surface area contributed by atoms with Gasteiger partial charge in [-0.3, -0.25) is 4.79 Å². The van der Waals surface area contributed by atoms with Crippen molar-refractivity contribution in [2.75, 3.05) is 13.4 Å². The Hall–Kier alpha value is -2.11. The molecule has 0 N–H and O–H groups in total. The molecule has 0 aliphatic carbocycles. The van der Waals surface area contributed by atoms with Gasteiger partial charge in [-0.25, -0.2) is 9.78 Å². The highest BCUT2D eigenvalue weighted by Gasteiger charge is 2.09. The van der Waals surface area contributed by atoms with Crippen molar-refractivity contribution in [1.82, 2.24) is 4.98 Å². The van der Waals surface area contributed by atoms with Gasteiger partial charge in [-0.05, 0) is 18.6 Å². The maximum absolute atomic E-state index is 11.5. The SMILES string of the molecule is CCCCOc1ccc(C(=O)OCOC(C)=O)nc1. The third-order valence-corrected chi connectivity index (χ3v) is 2.16. The summed E-state index contributed by atoms with van der Waals surface area (Å²) in [4.78, 5) is 25.9. The zero-order valence-corrected chi connectivity index (χ0v) is 11.0. The van der Waals surface area contributed by atoms with E-state index >= 15 is 0 Å². The van der Waals surface area contributed by atoms with Gasteiger partial charge in [0, 0.05) is 6.92 Å². The molecule has 0 aliphatic rings. The third-order valence-electron chi connectivity index (χ3n) is 2.16. The average molecular weight is 267 g/mol. The molecule has 0 radical (unpaired) electrons. The molecule has 1 aromatic rings. The van der Waals surface area contributed by atoms with Crippen molar-refractivity contribution < 1.29 is 23.8 Å². The summed E-state index contributed by atoms with van der Waals surface area (Å²) >= 11 is 0. The van der Waals surface area contributed by atoms with Crippen LogP contribution in [0.5, 0.6) is 5.75 Å². The molecule has 19 heavy (non-hydrogen) atoms. The molecule has 0 saturated carbocycles. The van der Waals surface area contributed by atoms with Crippen molar-refractivity contribution in [3.63, 3.8) is 0 Å². The molecule has 0 saturated heterocycles. The van der Waals surface area contributed by atoms with Gasteiger partial charge in [-0.1, -0.05) is 13.3 Å². The van der Waals surface area contributed by atoms with Crippen molar-refractivity contribution in [1.29, 1.82) is 0 Å². The van der Waals surface area contributed by atoms with Crippen molar-refractivity contribution in [2.45, 2.75) is 26.7 Å². The molecule has 0 unspecified atom stereocenters. The molecule has 1 heterocycles. The van der Waals surface area contributed by atoms with Crippen LogP contribution in [0.1, 0.15) is 37.2 Å². The number of rotatable bonds is 7. The van der Waals surface area contributed by atoms with Gasteiger partial charge in [-0.2, -0.15) is 0 Å². The van der Waals surface area contributed by atoms with Crippen LogP contribution in [-0.4, -0.2) is 30.3 Å². The van der Waals surface area contributed by atoms with Gasteiger partial charge in [0.2, 0.25) is 6.79 Å². The monoisotopic (exact) mass is 267 g/mol. The Morgan fingerprint density at radius 1 is 1.26 bits per heavy atom. The lowest BCUT2D eigenvalue weighted by molar-refractivity contribution is -0.149. The van der Waals surface area contributed by atoms with E-state index in [1.54, 1.807) is 6.07 Å². The molecule has 6 nitrogen and oxygen atoms in total. The van der Waals surface area contributed by atoms with Crippen molar-refractivity contribution in [3.05, 3.63) is 24.0 Å². The van der Waals surface area contributed by atoms with E-state index in [1.165, 1.54) is 19.2 Å². The molecule has 0 aromatic carbocycles. The van der Waals surface area contributed by atoms with E-state index in [0.29, 0.717) is 12.4 Å². The molecule has 6 heteroatoms. The van der Waals surface area contributed by atoms with Crippen LogP contribution in [0.3, 0.4) is 0 Å². The summed E-state index contributed by atoms with van der Waals surface area (Å²) in [6.45, 7) is 3.51. The highest BCUT2D eigenvalue weighted by Crippen LogP contribution is 2.10. The van der Waals surface area contributed by atoms with E-state index in [2.05, 4.69) is 16.6 Å². The first-order valence-electron chi connectivity index (χ1n) is 6.02. The van der Waals surface area contributed by atoms with E-state index in [9.17, 15) is 9.59 Å². The predicted octanol–water partition coefficient (Wildman–Crippen LogP) is 1.94. The van der Waals surface area contributed by atoms with Crippen LogP contribution in [0.4, 0.5) is 0 Å². The minimum Gasteiger partial charge on any atom is -0.492 e. The Bertz CT molecular complexity index is 416. The smallest absolute Gasteiger partial charge is 0.359 e. The summed E-state index contributed by atoms with van der Waals surface area (Å²) < 4.78 is 14.6. The van der Waals surface area contributed by atoms with Crippen molar-refractivity contribution in [2.24, 2.45) is 0 Å². The van der Waals surface area contributed by atoms with Crippen LogP contribution < -0.4 is 4.74 Å². The fraction of sp³-hybridized carbons (Fsp3) is 0.462. The molecule has 1 rings (SSSR count). The van der Waals surface area contributed by atoms with Crippen LogP contribution in [0.2, 0.25) is 0 Å². The molecule has 104 valence electrons. The van der Waals surface area contributed by atoms with Gasteiger partial charge in [0.25, 0.3) is 0 Å². The zero-order chi connectivity index (χ0) is 14.1. The van der Waals surface area contributed by atoms with Crippen molar-refractivity contribution in [3.8, 4) is 5.75 Å². The lowest BCUT2D eigenvalue weighted by Gasteiger charge is -2.06. The van der Waals surface area contributed by atoms with Gasteiger partial charge in [-0.15, -0.1) is 0 Å². The second-order valence-electron chi connectivity index (χ2n) is 3.77. The van der Waals surface area contributed by atoms with E-state index in [4.69, 9.17) is 9.47 Å². The van der Waals surface area contributed by atoms with Crippen molar-refractivity contribution >= 4 is 11.9 Å². The standard InChI is InChI=1S/C13H17NO5/c1-3-4-7-17-11-5-6-12(14-8-11)13(16)19-9-18-10(2)15/h5-6,8H,3-4,7,9H2,1-2H3. The Kier molecular flexibility index (Phi) is 6.35. The quantitative estimate of drug-likeness (QED) is 0.427. The number of aromatic nitrogens is 1. The van der Waals surface area contributed by atoms with Crippen LogP contribution in [0.25, 0.3) is 0 Å². The van der Waals surface area contributed by atoms with E-state index in [1.807, 2.05) is 0 Å². The molecule has 0 fully saturated rings. The van der Waals surface area contributed by atoms with Crippen LogP contribution in [0, 0.1) is 0 Å². The number of unbranched alkanes of at least 4 members (excludes halogenated alkanes) is 1. The van der Waals surface area contributed by atoms with Gasteiger partial charge in [0.05, 0.1) is 12.8 Å². The first kappa shape index (κ1) is 14.9. The minimum absolute atomic E-state index is 0.134. The molecule has 0 bridgehead atoms. The zero-order valence-electron chi connectivity index (χ0n) is 11.0. The number of pyridine rings is 1. The minimum atomic E-state index is -0.652. The maximum atomic E-state index is 11.5. The second-order valence-corrected chi connectivity index (χ2v) is 3.77. The van der Waals surface area contributed by atoms with E-state index in [-0.39, 0.29) is 5.69 Å². The summed E-state index contributed by atoms with van der Waals surface area (Å²) in [5, 5.41) is 0. The van der Waals surface area contributed by atoms with Crippen LogP contribution in [0.15, 0.2) is 18.3 Å². The lowest BCUT2D eigenvalue weighted by atomic mass is 10.3. The Morgan fingerprint density at radius 3 is 2.63 bits per heavy atom. The average Bonchev–Trinajstić information content (AvgIpc) is 2.39. The summed E-state index contributed by atoms with van der Waals surface area (Å²) in [6, 6.07) is 3.14. The van der Waals surface area contributed by atoms with Gasteiger partial charge >= 0.3 is 11.9 Å². The first-order valence-corrected chi connectivity index (χ1v) is 6.02. The lowest BCUT2D eigenvalue weighted by Crippen LogP contribution is -2.12. The number of esters is 2. The largest absolute Gasteiger partial charge is 0.492 e. The normalized spacial score (nSPS) is 9.79. The maximum Gasteiger partial charge on any atom is 0.359 e. The molecule has 0 atom stereocenters. The first-order chi connectivity index (χ1) is 9.13. The summed E-state index contributed by atoms with van der Waals surface area (Å²) in [5.74, 6) is -0.563. The molecular formula is C13H17NO5. The summed E-state index contributed by atoms with van der Waals surface area (Å²) in [6.07, 6.45) is 3.47. The number of carbonyl (C=O) groups is 2. The fourth-order valence-corrected chi connectivity index (χ4v) is 1.16. The van der Waals surface area contributed by atoms with Gasteiger partial charge < -0.3 is 14.2 Å². The van der Waals surface area contributed by atoms with Crippen LogP contribution in [-0.2, 0) is 14.3 Å². The van der Waals surface area contributed by atoms with E-state index < -0.39 is 18.7 Å². The molecule has 0 spiro atoms. The van der Waals surface area contributed by atoms with Gasteiger partial charge in [0.15, 0.2) is 0 Å². The molecule has 0 aliphatic heterocycles. The highest BCUT2D eigenvalue weighted by atomic mass is 16.7. The Morgan fingerprint density at radius 2 is 2.05 bits per heavy atom. The van der Waals surface area contributed by atoms with Crippen LogP contribution >= 0.6 is 0 Å². The fourth-order valence-electron chi connectivity index (χ4n) is 1.16. The number of hydrogen-bond acceptors (Lipinski definition) is 6. The van der Waals surface area contributed by atoms with Gasteiger partial charge in [0.1, 0.15) is 11.4 Å². The topological polar surface area (TPSA) is 74.7 Å². The number of hydrogen-bond donors (Lipinski definition) is 0. The third kappa shape index (κ3) is 5.85. The molecule has 0 amide bonds. The number of ether oxygens (including phenoxy) is 3. The summed E-state index contributed by atoms with van der Waals surface area (Å²) in [5.41, 5.74) is 0.134. The Labute approximate surface area is 111 Å². The van der Waals surface area contributed by atoms with E-state index in [0.717, 1.165) is 12.8 Å². The predicted molar refractivity (Wildman–Crippen MR) is 66.7 cm³/mol. The molecular weight excluding hydrogens is 250 g/mol. The number of nitrogens with zero attached hydrogens (tertiary/aromatic N) is 1. The Balaban J connectivity index is 2.41. The second kappa shape index (κ2) is 8.07. The summed E-state index contributed by atoms with van der Waals surface area (Å²) in [7, 11) is 0. The molecule has 1 aromatic heterocycles.